The zero-order chi connectivity index (χ0) is 13.4. The van der Waals surface area contributed by atoms with E-state index in [0.717, 1.165) is 18.7 Å². The van der Waals surface area contributed by atoms with Crippen LogP contribution < -0.4 is 10.1 Å². The first kappa shape index (κ1) is 15.4. The number of rotatable bonds is 8. The maximum absolute atomic E-state index is 5.43. The molecule has 0 saturated heterocycles. The lowest BCUT2D eigenvalue weighted by Gasteiger charge is -2.25. The van der Waals surface area contributed by atoms with E-state index in [2.05, 4.69) is 37.6 Å². The van der Waals surface area contributed by atoms with Gasteiger partial charge in [-0.05, 0) is 42.5 Å². The minimum Gasteiger partial charge on any atom is -0.496 e. The van der Waals surface area contributed by atoms with Crippen molar-refractivity contribution in [3.8, 4) is 5.75 Å². The molecule has 0 radical (unpaired) electrons. The minimum absolute atomic E-state index is 0.513. The fraction of sp³-hybridized carbons (Fsp3) is 0.600. The molecule has 0 aliphatic rings. The summed E-state index contributed by atoms with van der Waals surface area (Å²) in [6.07, 6.45) is 3.20. The molecule has 18 heavy (non-hydrogen) atoms. The van der Waals surface area contributed by atoms with Crippen LogP contribution in [0.15, 0.2) is 24.3 Å². The van der Waals surface area contributed by atoms with Gasteiger partial charge in [0.1, 0.15) is 5.75 Å². The summed E-state index contributed by atoms with van der Waals surface area (Å²) in [5.74, 6) is 2.84. The second kappa shape index (κ2) is 8.44. The molecule has 0 aliphatic carbocycles. The fourth-order valence-electron chi connectivity index (χ4n) is 2.22. The van der Waals surface area contributed by atoms with E-state index in [1.165, 1.54) is 11.3 Å². The Bertz CT molecular complexity index is 343. The summed E-state index contributed by atoms with van der Waals surface area (Å²) in [5.41, 5.74) is 1.29. The molecule has 2 nitrogen and oxygen atoms in total. The molecule has 0 saturated carbocycles. The lowest BCUT2D eigenvalue weighted by atomic mass is 9.95. The molecule has 0 amide bonds. The molecule has 3 heteroatoms. The van der Waals surface area contributed by atoms with Crippen LogP contribution in [0.25, 0.3) is 0 Å². The van der Waals surface area contributed by atoms with E-state index in [1.807, 2.05) is 23.9 Å². The van der Waals surface area contributed by atoms with Crippen molar-refractivity contribution in [2.75, 3.05) is 25.7 Å². The van der Waals surface area contributed by atoms with Gasteiger partial charge in [-0.25, -0.2) is 0 Å². The van der Waals surface area contributed by atoms with Crippen LogP contribution in [0.3, 0.4) is 0 Å². The Labute approximate surface area is 116 Å². The summed E-state index contributed by atoms with van der Waals surface area (Å²) in [7, 11) is 1.74. The van der Waals surface area contributed by atoms with Crippen LogP contribution in [-0.2, 0) is 6.42 Å². The van der Waals surface area contributed by atoms with E-state index >= 15 is 0 Å². The molecule has 0 bridgehead atoms. The number of nitrogens with one attached hydrogen (secondary N) is 1. The van der Waals surface area contributed by atoms with Crippen molar-refractivity contribution in [3.63, 3.8) is 0 Å². The zero-order valence-electron chi connectivity index (χ0n) is 11.9. The Morgan fingerprint density at radius 2 is 2.06 bits per heavy atom. The van der Waals surface area contributed by atoms with Crippen LogP contribution in [0, 0.1) is 5.92 Å². The maximum Gasteiger partial charge on any atom is 0.122 e. The zero-order valence-corrected chi connectivity index (χ0v) is 12.7. The lowest BCUT2D eigenvalue weighted by Crippen LogP contribution is -2.37. The molecule has 0 aliphatic heterocycles. The standard InChI is InChI=1S/C15H25NOS/c1-5-16-14(12(2)11-18-4)10-13-8-6-7-9-15(13)17-3/h6-9,12,14,16H,5,10-11H2,1-4H3. The summed E-state index contributed by atoms with van der Waals surface area (Å²) in [4.78, 5) is 0. The van der Waals surface area contributed by atoms with Crippen molar-refractivity contribution in [2.24, 2.45) is 5.92 Å². The van der Waals surface area contributed by atoms with Gasteiger partial charge >= 0.3 is 0 Å². The Morgan fingerprint density at radius 3 is 2.67 bits per heavy atom. The molecule has 102 valence electrons. The molecular formula is C15H25NOS. The molecule has 1 rings (SSSR count). The van der Waals surface area contributed by atoms with Crippen LogP contribution in [0.5, 0.6) is 5.75 Å². The fourth-order valence-corrected chi connectivity index (χ4v) is 2.98. The smallest absolute Gasteiger partial charge is 0.122 e. The highest BCUT2D eigenvalue weighted by Crippen LogP contribution is 2.22. The Hall–Kier alpha value is -0.670. The SMILES string of the molecule is CCNC(Cc1ccccc1OC)C(C)CSC. The molecule has 1 aromatic rings. The number of benzene rings is 1. The van der Waals surface area contributed by atoms with Gasteiger partial charge in [0.15, 0.2) is 0 Å². The Kier molecular flexibility index (Phi) is 7.21. The monoisotopic (exact) mass is 267 g/mol. The first-order chi connectivity index (χ1) is 8.72. The van der Waals surface area contributed by atoms with Gasteiger partial charge in [-0.3, -0.25) is 0 Å². The summed E-state index contributed by atoms with van der Waals surface area (Å²) in [5, 5.41) is 3.60. The maximum atomic E-state index is 5.43. The number of methoxy groups -OCH3 is 1. The predicted octanol–water partition coefficient (Wildman–Crippen LogP) is 3.21. The highest BCUT2D eigenvalue weighted by Gasteiger charge is 2.17. The van der Waals surface area contributed by atoms with Crippen molar-refractivity contribution in [2.45, 2.75) is 26.3 Å². The highest BCUT2D eigenvalue weighted by molar-refractivity contribution is 7.98. The van der Waals surface area contributed by atoms with Gasteiger partial charge in [0.25, 0.3) is 0 Å². The van der Waals surface area contributed by atoms with Gasteiger partial charge in [-0.1, -0.05) is 32.0 Å². The number of likely N-dealkylation sites (N-methyl/N-ethyl adjacent to an activating group) is 1. The minimum atomic E-state index is 0.513. The third-order valence-corrected chi connectivity index (χ3v) is 4.07. The van der Waals surface area contributed by atoms with E-state index < -0.39 is 0 Å². The number of hydrogen-bond donors (Lipinski definition) is 1. The quantitative estimate of drug-likeness (QED) is 0.781. The Morgan fingerprint density at radius 1 is 1.33 bits per heavy atom. The van der Waals surface area contributed by atoms with Crippen molar-refractivity contribution in [1.29, 1.82) is 0 Å². The van der Waals surface area contributed by atoms with Crippen molar-refractivity contribution >= 4 is 11.8 Å². The van der Waals surface area contributed by atoms with Crippen LogP contribution in [0.2, 0.25) is 0 Å². The van der Waals surface area contributed by atoms with E-state index in [9.17, 15) is 0 Å². The first-order valence-electron chi connectivity index (χ1n) is 6.57. The van der Waals surface area contributed by atoms with E-state index in [0.29, 0.717) is 12.0 Å². The van der Waals surface area contributed by atoms with Crippen LogP contribution in [0.4, 0.5) is 0 Å². The normalized spacial score (nSPS) is 14.2. The van der Waals surface area contributed by atoms with Crippen molar-refractivity contribution in [3.05, 3.63) is 29.8 Å². The summed E-state index contributed by atoms with van der Waals surface area (Å²) in [6, 6.07) is 8.82. The van der Waals surface area contributed by atoms with Gasteiger partial charge in [0.2, 0.25) is 0 Å². The molecule has 1 aromatic carbocycles. The molecule has 0 heterocycles. The van der Waals surface area contributed by atoms with E-state index in [4.69, 9.17) is 4.74 Å². The Balaban J connectivity index is 2.75. The second-order valence-corrected chi connectivity index (χ2v) is 5.52. The third-order valence-electron chi connectivity index (χ3n) is 3.22. The van der Waals surface area contributed by atoms with Crippen molar-refractivity contribution < 1.29 is 4.74 Å². The van der Waals surface area contributed by atoms with Gasteiger partial charge in [-0.2, -0.15) is 11.8 Å². The molecule has 1 N–H and O–H groups in total. The molecule has 2 unspecified atom stereocenters. The van der Waals surface area contributed by atoms with Gasteiger partial charge in [0, 0.05) is 6.04 Å². The molecule has 2 atom stereocenters. The lowest BCUT2D eigenvalue weighted by molar-refractivity contribution is 0.385. The average molecular weight is 267 g/mol. The molecule has 0 fully saturated rings. The van der Waals surface area contributed by atoms with Crippen molar-refractivity contribution in [1.82, 2.24) is 5.32 Å². The first-order valence-corrected chi connectivity index (χ1v) is 7.96. The van der Waals surface area contributed by atoms with Crippen LogP contribution >= 0.6 is 11.8 Å². The topological polar surface area (TPSA) is 21.3 Å². The average Bonchev–Trinajstić information content (AvgIpc) is 2.39. The van der Waals surface area contributed by atoms with E-state index in [1.54, 1.807) is 7.11 Å². The third kappa shape index (κ3) is 4.54. The number of thioether (sulfide) groups is 1. The highest BCUT2D eigenvalue weighted by atomic mass is 32.2. The molecular weight excluding hydrogens is 242 g/mol. The molecule has 0 aromatic heterocycles. The van der Waals surface area contributed by atoms with Crippen LogP contribution in [-0.4, -0.2) is 31.7 Å². The summed E-state index contributed by atoms with van der Waals surface area (Å²) < 4.78 is 5.43. The number of para-hydroxylation sites is 1. The molecule has 0 spiro atoms. The summed E-state index contributed by atoms with van der Waals surface area (Å²) >= 11 is 1.91. The van der Waals surface area contributed by atoms with E-state index in [-0.39, 0.29) is 0 Å². The summed E-state index contributed by atoms with van der Waals surface area (Å²) in [6.45, 7) is 5.50. The van der Waals surface area contributed by atoms with Gasteiger partial charge in [0.05, 0.1) is 7.11 Å². The predicted molar refractivity (Wildman–Crippen MR) is 81.7 cm³/mol. The van der Waals surface area contributed by atoms with Crippen LogP contribution in [0.1, 0.15) is 19.4 Å². The number of ether oxygens (including phenoxy) is 1. The van der Waals surface area contributed by atoms with Gasteiger partial charge < -0.3 is 10.1 Å². The number of hydrogen-bond acceptors (Lipinski definition) is 3. The second-order valence-electron chi connectivity index (χ2n) is 4.61. The largest absolute Gasteiger partial charge is 0.496 e. The van der Waals surface area contributed by atoms with Gasteiger partial charge in [-0.15, -0.1) is 0 Å².